The number of nitrogens with zero attached hydrogens (tertiary/aromatic N) is 3. The molecule has 242 valence electrons. The van der Waals surface area contributed by atoms with Crippen LogP contribution in [0.5, 0.6) is 5.75 Å². The summed E-state index contributed by atoms with van der Waals surface area (Å²) in [5, 5.41) is 48.7. The fourth-order valence-electron chi connectivity index (χ4n) is 9.04. The molecule has 6 aliphatic rings. The first-order valence-electron chi connectivity index (χ1n) is 15.5. The van der Waals surface area contributed by atoms with Gasteiger partial charge in [0.1, 0.15) is 22.8 Å². The molecular formula is C32H41N5O8. The number of rotatable bonds is 6. The molecule has 2 amide bonds. The zero-order chi connectivity index (χ0) is 32.4. The van der Waals surface area contributed by atoms with E-state index in [2.05, 4.69) is 10.2 Å². The molecule has 2 spiro atoms. The van der Waals surface area contributed by atoms with Crippen LogP contribution in [0.15, 0.2) is 23.0 Å². The number of aliphatic hydroxyl groups excluding tert-OH is 2. The zero-order valence-corrected chi connectivity index (χ0v) is 26.0. The summed E-state index contributed by atoms with van der Waals surface area (Å²) in [6, 6.07) is 0.812. The Balaban J connectivity index is 1.26. The van der Waals surface area contributed by atoms with E-state index < -0.39 is 58.0 Å². The minimum atomic E-state index is -2.45. The Morgan fingerprint density at radius 3 is 2.44 bits per heavy atom. The number of benzene rings is 1. The molecule has 2 saturated carbocycles. The lowest BCUT2D eigenvalue weighted by Crippen LogP contribution is -2.60. The van der Waals surface area contributed by atoms with Crippen molar-refractivity contribution in [3.8, 4) is 5.75 Å². The number of ether oxygens (including phenoxy) is 1. The van der Waals surface area contributed by atoms with Gasteiger partial charge in [0.2, 0.25) is 17.5 Å². The van der Waals surface area contributed by atoms with Crippen LogP contribution >= 0.6 is 0 Å². The molecule has 4 fully saturated rings. The first-order chi connectivity index (χ1) is 21.2. The van der Waals surface area contributed by atoms with Crippen LogP contribution in [0.25, 0.3) is 5.76 Å². The van der Waals surface area contributed by atoms with E-state index in [1.165, 1.54) is 19.3 Å². The number of primary amides is 1. The highest BCUT2D eigenvalue weighted by atomic mass is 16.8. The van der Waals surface area contributed by atoms with Crippen LogP contribution in [0.4, 0.5) is 11.4 Å². The standard InChI is InChI=1S/C32H41N5O8/c1-35(2)19-12-18(34-20(38)13-37-9-8-30(14-37)6-5-7-30)25(39)22-16(19)10-15-11-17-24(36(3)4)27(41)23(29(33)43)32(44)31(17,45-32)28(42)21(15)26(22)40/h12,15,17,24,39-41,44H,5-11,13-14H2,1-4H3,(H2,33,43)(H,34,38)/t15-,17-,24-,31?,32?/m0/s1. The van der Waals surface area contributed by atoms with Gasteiger partial charge in [0.05, 0.1) is 23.8 Å². The van der Waals surface area contributed by atoms with E-state index in [0.717, 1.165) is 19.5 Å². The maximum absolute atomic E-state index is 14.3. The number of likely N-dealkylation sites (tertiary alicyclic amines) is 1. The van der Waals surface area contributed by atoms with E-state index >= 15 is 0 Å². The number of phenols is 1. The van der Waals surface area contributed by atoms with Gasteiger partial charge in [-0.25, -0.2) is 0 Å². The number of amides is 2. The molecule has 4 aliphatic carbocycles. The van der Waals surface area contributed by atoms with Crippen molar-refractivity contribution < 1.29 is 39.5 Å². The summed E-state index contributed by atoms with van der Waals surface area (Å²) in [5.41, 5.74) is 4.69. The first kappa shape index (κ1) is 30.0. The third-order valence-corrected chi connectivity index (χ3v) is 11.3. The normalized spacial score (nSPS) is 32.9. The molecule has 7 N–H and O–H groups in total. The number of nitrogens with one attached hydrogen (secondary N) is 1. The number of epoxide rings is 1. The van der Waals surface area contributed by atoms with Gasteiger partial charge in [0, 0.05) is 37.8 Å². The molecular weight excluding hydrogens is 582 g/mol. The van der Waals surface area contributed by atoms with Gasteiger partial charge in [-0.15, -0.1) is 0 Å². The third kappa shape index (κ3) is 3.96. The molecule has 1 aromatic carbocycles. The van der Waals surface area contributed by atoms with Crippen molar-refractivity contribution in [2.24, 2.45) is 23.0 Å². The average molecular weight is 624 g/mol. The first-order valence-corrected chi connectivity index (χ1v) is 15.5. The number of likely N-dealkylation sites (N-methyl/N-ethyl adjacent to an activating group) is 1. The number of hydrogen-bond donors (Lipinski definition) is 6. The predicted molar refractivity (Wildman–Crippen MR) is 163 cm³/mol. The molecule has 13 nitrogen and oxygen atoms in total. The Morgan fingerprint density at radius 2 is 1.87 bits per heavy atom. The number of ketones is 1. The molecule has 0 bridgehead atoms. The van der Waals surface area contributed by atoms with Crippen molar-refractivity contribution >= 4 is 34.7 Å². The van der Waals surface area contributed by atoms with E-state index in [4.69, 9.17) is 10.5 Å². The molecule has 0 aromatic heterocycles. The number of nitrogens with two attached hydrogens (primary N) is 1. The SMILES string of the molecule is CN(C)c1cc(NC(=O)CN2CCC3(CCC3)C2)c(O)c2c1C[C@H]1C[C@H]3[C@H](N(C)C)C(O)=C(C(N)=O)C4(O)OC34C(=O)C1=C2O. The monoisotopic (exact) mass is 623 g/mol. The van der Waals surface area contributed by atoms with Crippen molar-refractivity contribution in [1.29, 1.82) is 0 Å². The van der Waals surface area contributed by atoms with Gasteiger partial charge in [0.25, 0.3) is 5.91 Å². The largest absolute Gasteiger partial charge is 0.510 e. The predicted octanol–water partition coefficient (Wildman–Crippen LogP) is 1.00. The van der Waals surface area contributed by atoms with Crippen LogP contribution in [0.1, 0.15) is 43.2 Å². The Morgan fingerprint density at radius 1 is 1.16 bits per heavy atom. The molecule has 7 rings (SSSR count). The highest BCUT2D eigenvalue weighted by Gasteiger charge is 2.86. The molecule has 0 radical (unpaired) electrons. The van der Waals surface area contributed by atoms with Gasteiger partial charge in [0.15, 0.2) is 5.60 Å². The van der Waals surface area contributed by atoms with Crippen molar-refractivity contribution in [2.75, 3.05) is 58.0 Å². The van der Waals surface area contributed by atoms with Gasteiger partial charge < -0.3 is 41.1 Å². The van der Waals surface area contributed by atoms with Gasteiger partial charge in [-0.1, -0.05) is 6.42 Å². The lowest BCUT2D eigenvalue weighted by molar-refractivity contribution is -0.127. The van der Waals surface area contributed by atoms with E-state index in [9.17, 15) is 34.8 Å². The average Bonchev–Trinajstić information content (AvgIpc) is 3.32. The topological polar surface area (TPSA) is 192 Å². The number of Topliss-reactive ketones (excluding diaryl/α,β-unsaturated/α-hetero) is 1. The second-order valence-corrected chi connectivity index (χ2v) is 14.3. The van der Waals surface area contributed by atoms with Crippen LogP contribution in [-0.4, -0.2) is 113 Å². The van der Waals surface area contributed by atoms with Crippen LogP contribution in [0.2, 0.25) is 0 Å². The zero-order valence-electron chi connectivity index (χ0n) is 26.0. The highest BCUT2D eigenvalue weighted by molar-refractivity contribution is 6.14. The van der Waals surface area contributed by atoms with Gasteiger partial charge in [-0.2, -0.15) is 0 Å². The highest BCUT2D eigenvalue weighted by Crippen LogP contribution is 2.67. The molecule has 2 unspecified atom stereocenters. The van der Waals surface area contributed by atoms with Crippen molar-refractivity contribution in [3.05, 3.63) is 34.1 Å². The number of aromatic hydroxyl groups is 1. The number of phenolic OH excluding ortho intramolecular Hbond substituents is 1. The second-order valence-electron chi connectivity index (χ2n) is 14.3. The second kappa shape index (κ2) is 9.68. The minimum Gasteiger partial charge on any atom is -0.510 e. The third-order valence-electron chi connectivity index (χ3n) is 11.3. The van der Waals surface area contributed by atoms with Crippen LogP contribution in [0, 0.1) is 17.3 Å². The number of aliphatic hydroxyl groups is 3. The Bertz CT molecular complexity index is 1610. The maximum atomic E-state index is 14.3. The summed E-state index contributed by atoms with van der Waals surface area (Å²) >= 11 is 0. The molecule has 1 aromatic rings. The number of hydrogen-bond acceptors (Lipinski definition) is 11. The van der Waals surface area contributed by atoms with Crippen molar-refractivity contribution in [1.82, 2.24) is 9.80 Å². The van der Waals surface area contributed by atoms with E-state index in [1.807, 2.05) is 19.0 Å². The van der Waals surface area contributed by atoms with Crippen molar-refractivity contribution in [2.45, 2.75) is 56.0 Å². The summed E-state index contributed by atoms with van der Waals surface area (Å²) in [6.07, 6.45) is 5.17. The van der Waals surface area contributed by atoms with E-state index in [1.54, 1.807) is 25.1 Å². The summed E-state index contributed by atoms with van der Waals surface area (Å²) in [4.78, 5) is 45.5. The maximum Gasteiger partial charge on any atom is 0.253 e. The molecule has 2 heterocycles. The van der Waals surface area contributed by atoms with E-state index in [0.29, 0.717) is 16.7 Å². The van der Waals surface area contributed by atoms with Gasteiger partial charge in [-0.05, 0) is 75.7 Å². The van der Waals surface area contributed by atoms with Gasteiger partial charge >= 0.3 is 0 Å². The minimum absolute atomic E-state index is 0.0261. The fourth-order valence-corrected chi connectivity index (χ4v) is 9.04. The number of carbonyl (C=O) groups is 3. The lowest BCUT2D eigenvalue weighted by atomic mass is 9.58. The molecule has 5 atom stereocenters. The van der Waals surface area contributed by atoms with Crippen LogP contribution in [-0.2, 0) is 25.5 Å². The van der Waals surface area contributed by atoms with Gasteiger partial charge in [-0.3, -0.25) is 24.2 Å². The quantitative estimate of drug-likeness (QED) is 0.196. The molecule has 2 saturated heterocycles. The van der Waals surface area contributed by atoms with Crippen LogP contribution in [0.3, 0.4) is 0 Å². The number of fused-ring (bicyclic) bond motifs is 2. The lowest BCUT2D eigenvalue weighted by Gasteiger charge is -2.46. The number of anilines is 2. The molecule has 13 heteroatoms. The fraction of sp³-hybridized carbons (Fsp3) is 0.594. The Kier molecular flexibility index (Phi) is 6.46. The van der Waals surface area contributed by atoms with Crippen LogP contribution < -0.4 is 16.0 Å². The van der Waals surface area contributed by atoms with E-state index in [-0.39, 0.29) is 47.9 Å². The summed E-state index contributed by atoms with van der Waals surface area (Å²) in [5.74, 6) is -7.19. The summed E-state index contributed by atoms with van der Waals surface area (Å²) < 4.78 is 5.72. The number of carbonyl (C=O) groups excluding carboxylic acids is 3. The summed E-state index contributed by atoms with van der Waals surface area (Å²) in [7, 11) is 6.98. The molecule has 45 heavy (non-hydrogen) atoms. The summed E-state index contributed by atoms with van der Waals surface area (Å²) in [6.45, 7) is 1.91. The smallest absolute Gasteiger partial charge is 0.253 e. The molecule has 2 aliphatic heterocycles. The Labute approximate surface area is 260 Å². The Hall–Kier alpha value is -3.65. The van der Waals surface area contributed by atoms with Crippen molar-refractivity contribution in [3.63, 3.8) is 0 Å².